The predicted molar refractivity (Wildman–Crippen MR) is 110 cm³/mol. The fourth-order valence-electron chi connectivity index (χ4n) is 2.75. The number of hydrogen-bond donors (Lipinski definition) is 1. The monoisotopic (exact) mass is 370 g/mol. The van der Waals surface area contributed by atoms with Gasteiger partial charge in [-0.1, -0.05) is 30.3 Å². The van der Waals surface area contributed by atoms with E-state index < -0.39 is 0 Å². The molecule has 4 aromatic rings. The van der Waals surface area contributed by atoms with Crippen LogP contribution in [0.25, 0.3) is 17.2 Å². The second-order valence-corrected chi connectivity index (χ2v) is 6.16. The van der Waals surface area contributed by atoms with E-state index in [2.05, 4.69) is 10.3 Å². The average Bonchev–Trinajstić information content (AvgIpc) is 3.15. The van der Waals surface area contributed by atoms with Crippen molar-refractivity contribution in [2.24, 2.45) is 0 Å². The van der Waals surface area contributed by atoms with Crippen LogP contribution in [0.2, 0.25) is 0 Å². The first-order chi connectivity index (χ1) is 13.7. The van der Waals surface area contributed by atoms with Gasteiger partial charge in [0.25, 0.3) is 6.01 Å². The maximum atomic E-state index is 12.4. The van der Waals surface area contributed by atoms with Crippen molar-refractivity contribution in [3.8, 4) is 5.75 Å². The molecule has 5 nitrogen and oxygen atoms in total. The van der Waals surface area contributed by atoms with Gasteiger partial charge in [0.2, 0.25) is 0 Å². The van der Waals surface area contributed by atoms with Gasteiger partial charge >= 0.3 is 0 Å². The molecular formula is C23H18N2O3. The number of fused-ring (bicyclic) bond motifs is 1. The van der Waals surface area contributed by atoms with Gasteiger partial charge in [-0.15, -0.1) is 0 Å². The largest absolute Gasteiger partial charge is 0.497 e. The molecule has 1 heterocycles. The first-order valence-electron chi connectivity index (χ1n) is 8.80. The number of carbonyl (C=O) groups is 1. The van der Waals surface area contributed by atoms with Crippen molar-refractivity contribution in [2.45, 2.75) is 0 Å². The number of benzene rings is 3. The Morgan fingerprint density at radius 1 is 1.00 bits per heavy atom. The molecule has 5 heteroatoms. The summed E-state index contributed by atoms with van der Waals surface area (Å²) in [5.74, 6) is 0.717. The van der Waals surface area contributed by atoms with E-state index in [4.69, 9.17) is 9.15 Å². The zero-order chi connectivity index (χ0) is 19.3. The Kier molecular flexibility index (Phi) is 4.89. The van der Waals surface area contributed by atoms with Crippen molar-refractivity contribution in [2.75, 3.05) is 12.4 Å². The van der Waals surface area contributed by atoms with Crippen LogP contribution < -0.4 is 10.1 Å². The maximum Gasteiger partial charge on any atom is 0.300 e. The summed E-state index contributed by atoms with van der Waals surface area (Å²) in [5, 5.41) is 3.11. The molecule has 0 fully saturated rings. The molecule has 0 unspecified atom stereocenters. The van der Waals surface area contributed by atoms with Crippen LogP contribution in [0, 0.1) is 0 Å². The van der Waals surface area contributed by atoms with E-state index in [1.54, 1.807) is 31.4 Å². The lowest BCUT2D eigenvalue weighted by atomic mass is 10.1. The first kappa shape index (κ1) is 17.5. The number of para-hydroxylation sites is 2. The molecule has 1 N–H and O–H groups in total. The van der Waals surface area contributed by atoms with Gasteiger partial charge in [-0.25, -0.2) is 0 Å². The van der Waals surface area contributed by atoms with E-state index in [0.717, 1.165) is 28.1 Å². The number of nitrogens with zero attached hydrogens (tertiary/aromatic N) is 1. The van der Waals surface area contributed by atoms with E-state index in [1.807, 2.05) is 60.7 Å². The number of anilines is 2. The Morgan fingerprint density at radius 3 is 2.46 bits per heavy atom. The lowest BCUT2D eigenvalue weighted by Crippen LogP contribution is -1.95. The molecule has 4 rings (SSSR count). The van der Waals surface area contributed by atoms with Crippen LogP contribution in [0.4, 0.5) is 11.7 Å². The fourth-order valence-corrected chi connectivity index (χ4v) is 2.75. The molecular weight excluding hydrogens is 352 g/mol. The molecule has 0 saturated heterocycles. The molecule has 0 aliphatic rings. The number of rotatable bonds is 6. The van der Waals surface area contributed by atoms with E-state index in [0.29, 0.717) is 11.6 Å². The summed E-state index contributed by atoms with van der Waals surface area (Å²) in [7, 11) is 1.62. The highest BCUT2D eigenvalue weighted by Gasteiger charge is 2.06. The second kappa shape index (κ2) is 7.80. The lowest BCUT2D eigenvalue weighted by molar-refractivity contribution is 0.104. The van der Waals surface area contributed by atoms with Crippen molar-refractivity contribution in [1.82, 2.24) is 4.98 Å². The number of allylic oxidation sites excluding steroid dienone is 1. The van der Waals surface area contributed by atoms with Gasteiger partial charge in [0, 0.05) is 11.3 Å². The van der Waals surface area contributed by atoms with Gasteiger partial charge in [0.05, 0.1) is 7.11 Å². The zero-order valence-electron chi connectivity index (χ0n) is 15.3. The van der Waals surface area contributed by atoms with E-state index in [-0.39, 0.29) is 5.78 Å². The Bertz CT molecular complexity index is 1090. The van der Waals surface area contributed by atoms with Crippen LogP contribution in [-0.4, -0.2) is 17.9 Å². The van der Waals surface area contributed by atoms with Gasteiger partial charge in [-0.3, -0.25) is 4.79 Å². The maximum absolute atomic E-state index is 12.4. The summed E-state index contributed by atoms with van der Waals surface area (Å²) in [6.07, 6.45) is 3.34. The van der Waals surface area contributed by atoms with E-state index in [1.165, 1.54) is 0 Å². The summed E-state index contributed by atoms with van der Waals surface area (Å²) in [6, 6.07) is 22.7. The van der Waals surface area contributed by atoms with Crippen LogP contribution in [0.15, 0.2) is 83.3 Å². The van der Waals surface area contributed by atoms with Crippen LogP contribution >= 0.6 is 0 Å². The van der Waals surface area contributed by atoms with Gasteiger partial charge in [0.15, 0.2) is 11.4 Å². The molecule has 0 radical (unpaired) electrons. The molecule has 138 valence electrons. The summed E-state index contributed by atoms with van der Waals surface area (Å²) < 4.78 is 10.8. The summed E-state index contributed by atoms with van der Waals surface area (Å²) in [5.41, 5.74) is 3.85. The van der Waals surface area contributed by atoms with Gasteiger partial charge in [0.1, 0.15) is 11.3 Å². The third kappa shape index (κ3) is 3.94. The zero-order valence-corrected chi connectivity index (χ0v) is 15.3. The third-order valence-corrected chi connectivity index (χ3v) is 4.26. The average molecular weight is 370 g/mol. The highest BCUT2D eigenvalue weighted by Crippen LogP contribution is 2.22. The Hall–Kier alpha value is -3.86. The number of ether oxygens (including phenoxy) is 1. The fraction of sp³-hybridized carbons (Fsp3) is 0.0435. The highest BCUT2D eigenvalue weighted by atomic mass is 16.5. The van der Waals surface area contributed by atoms with Gasteiger partial charge in [-0.2, -0.15) is 4.98 Å². The Labute approximate surface area is 162 Å². The summed E-state index contributed by atoms with van der Waals surface area (Å²) >= 11 is 0. The molecule has 28 heavy (non-hydrogen) atoms. The number of aromatic nitrogens is 1. The first-order valence-corrected chi connectivity index (χ1v) is 8.80. The van der Waals surface area contributed by atoms with Gasteiger partial charge in [-0.05, 0) is 60.2 Å². The van der Waals surface area contributed by atoms with Crippen LogP contribution in [0.3, 0.4) is 0 Å². The summed E-state index contributed by atoms with van der Waals surface area (Å²) in [6.45, 7) is 0. The predicted octanol–water partition coefficient (Wildman–Crippen LogP) is 5.48. The molecule has 1 aromatic heterocycles. The van der Waals surface area contributed by atoms with Crippen LogP contribution in [-0.2, 0) is 0 Å². The number of methoxy groups -OCH3 is 1. The molecule has 0 aliphatic carbocycles. The smallest absolute Gasteiger partial charge is 0.300 e. The third-order valence-electron chi connectivity index (χ3n) is 4.26. The van der Waals surface area contributed by atoms with E-state index >= 15 is 0 Å². The van der Waals surface area contributed by atoms with Crippen LogP contribution in [0.5, 0.6) is 5.75 Å². The minimum atomic E-state index is -0.0655. The van der Waals surface area contributed by atoms with Gasteiger partial charge < -0.3 is 14.5 Å². The number of ketones is 1. The molecule has 0 aliphatic heterocycles. The van der Waals surface area contributed by atoms with Crippen molar-refractivity contribution in [3.05, 3.63) is 90.0 Å². The molecule has 0 saturated carbocycles. The summed E-state index contributed by atoms with van der Waals surface area (Å²) in [4.78, 5) is 16.7. The normalized spacial score (nSPS) is 11.0. The molecule has 3 aromatic carbocycles. The molecule has 0 atom stereocenters. The van der Waals surface area contributed by atoms with Crippen molar-refractivity contribution >= 4 is 34.7 Å². The molecule has 0 amide bonds. The number of oxazole rings is 1. The number of hydrogen-bond acceptors (Lipinski definition) is 5. The molecule has 0 bridgehead atoms. The van der Waals surface area contributed by atoms with Crippen molar-refractivity contribution in [3.63, 3.8) is 0 Å². The van der Waals surface area contributed by atoms with Crippen LogP contribution in [0.1, 0.15) is 15.9 Å². The molecule has 0 spiro atoms. The Balaban J connectivity index is 1.43. The topological polar surface area (TPSA) is 64.4 Å². The minimum absolute atomic E-state index is 0.0655. The quantitative estimate of drug-likeness (QED) is 0.360. The number of nitrogens with one attached hydrogen (secondary N) is 1. The standard InChI is InChI=1S/C23H18N2O3/c1-27-19-13-6-16(7-14-19)8-15-21(26)17-9-11-18(12-10-17)24-23-25-20-4-2-3-5-22(20)28-23/h2-15H,1H3,(H,24,25)/b15-8+. The van der Waals surface area contributed by atoms with Crippen molar-refractivity contribution < 1.29 is 13.9 Å². The van der Waals surface area contributed by atoms with E-state index in [9.17, 15) is 4.79 Å². The second-order valence-electron chi connectivity index (χ2n) is 6.16. The number of carbonyl (C=O) groups excluding carboxylic acids is 1. The highest BCUT2D eigenvalue weighted by molar-refractivity contribution is 6.07. The lowest BCUT2D eigenvalue weighted by Gasteiger charge is -2.02. The minimum Gasteiger partial charge on any atom is -0.497 e. The SMILES string of the molecule is COc1ccc(/C=C/C(=O)c2ccc(Nc3nc4ccccc4o3)cc2)cc1. The Morgan fingerprint density at radius 2 is 1.75 bits per heavy atom. The van der Waals surface area contributed by atoms with Crippen molar-refractivity contribution in [1.29, 1.82) is 0 Å².